The second kappa shape index (κ2) is 4.89. The molecule has 0 fully saturated rings. The van der Waals surface area contributed by atoms with Crippen LogP contribution in [0, 0.1) is 21.4 Å². The van der Waals surface area contributed by atoms with Crippen molar-refractivity contribution in [3.8, 4) is 6.07 Å². The summed E-state index contributed by atoms with van der Waals surface area (Å²) >= 11 is 0. The lowest BCUT2D eigenvalue weighted by Gasteiger charge is -2.03. The summed E-state index contributed by atoms with van der Waals surface area (Å²) in [5.74, 6) is -0.515. The molecule has 0 aliphatic heterocycles. The molecule has 0 amide bonds. The molecular weight excluding hydrogens is 212 g/mol. The van der Waals surface area contributed by atoms with Crippen LogP contribution < -0.4 is 0 Å². The number of benzene rings is 1. The second-order valence-corrected chi connectivity index (χ2v) is 2.99. The monoisotopic (exact) mass is 220 g/mol. The van der Waals surface area contributed by atoms with E-state index in [4.69, 9.17) is 5.26 Å². The number of carbonyl (C=O) groups is 1. The summed E-state index contributed by atoms with van der Waals surface area (Å²) in [6.45, 7) is 1.05. The maximum atomic E-state index is 10.7. The number of nitriles is 1. The van der Waals surface area contributed by atoms with Gasteiger partial charge in [-0.05, 0) is 12.1 Å². The van der Waals surface area contributed by atoms with Gasteiger partial charge in [-0.3, -0.25) is 14.9 Å². The summed E-state index contributed by atoms with van der Waals surface area (Å²) in [5, 5.41) is 19.3. The van der Waals surface area contributed by atoms with Gasteiger partial charge in [-0.2, -0.15) is 5.26 Å². The van der Waals surface area contributed by atoms with Crippen molar-refractivity contribution in [1.29, 1.82) is 5.26 Å². The molecule has 82 valence electrons. The summed E-state index contributed by atoms with van der Waals surface area (Å²) in [5.41, 5.74) is 0.234. The van der Waals surface area contributed by atoms with Gasteiger partial charge in [0.05, 0.1) is 22.1 Å². The molecule has 0 heterocycles. The van der Waals surface area contributed by atoms with Gasteiger partial charge in [0, 0.05) is 13.0 Å². The van der Waals surface area contributed by atoms with Crippen LogP contribution in [-0.2, 0) is 16.1 Å². The van der Waals surface area contributed by atoms with Crippen molar-refractivity contribution in [1.82, 2.24) is 0 Å². The summed E-state index contributed by atoms with van der Waals surface area (Å²) in [6.07, 6.45) is 0. The highest BCUT2D eigenvalue weighted by Gasteiger charge is 2.15. The molecule has 16 heavy (non-hydrogen) atoms. The van der Waals surface area contributed by atoms with E-state index in [1.165, 1.54) is 19.1 Å². The number of rotatable bonds is 3. The maximum absolute atomic E-state index is 10.7. The van der Waals surface area contributed by atoms with Gasteiger partial charge in [-0.15, -0.1) is 0 Å². The summed E-state index contributed by atoms with van der Waals surface area (Å²) < 4.78 is 4.67. The summed E-state index contributed by atoms with van der Waals surface area (Å²) in [6, 6.07) is 5.79. The van der Waals surface area contributed by atoms with Gasteiger partial charge in [-0.1, -0.05) is 0 Å². The quantitative estimate of drug-likeness (QED) is 0.437. The Labute approximate surface area is 91.2 Å². The van der Waals surface area contributed by atoms with Crippen molar-refractivity contribution < 1.29 is 14.5 Å². The third kappa shape index (κ3) is 2.78. The van der Waals surface area contributed by atoms with Crippen LogP contribution in [0.5, 0.6) is 0 Å². The highest BCUT2D eigenvalue weighted by molar-refractivity contribution is 5.66. The first-order chi connectivity index (χ1) is 7.54. The van der Waals surface area contributed by atoms with Crippen molar-refractivity contribution >= 4 is 11.7 Å². The molecule has 6 heteroatoms. The molecule has 1 aromatic rings. The normalized spacial score (nSPS) is 9.25. The van der Waals surface area contributed by atoms with Crippen molar-refractivity contribution in [2.45, 2.75) is 13.5 Å². The van der Waals surface area contributed by atoms with Gasteiger partial charge in [-0.25, -0.2) is 0 Å². The lowest BCUT2D eigenvalue weighted by molar-refractivity contribution is -0.385. The molecule has 0 saturated heterocycles. The van der Waals surface area contributed by atoms with E-state index < -0.39 is 10.9 Å². The van der Waals surface area contributed by atoms with Crippen molar-refractivity contribution in [3.63, 3.8) is 0 Å². The maximum Gasteiger partial charge on any atom is 0.302 e. The van der Waals surface area contributed by atoms with Gasteiger partial charge in [0.25, 0.3) is 5.69 Å². The molecule has 0 atom stereocenters. The van der Waals surface area contributed by atoms with E-state index in [2.05, 4.69) is 4.74 Å². The van der Waals surface area contributed by atoms with Crippen molar-refractivity contribution in [3.05, 3.63) is 39.4 Å². The lowest BCUT2D eigenvalue weighted by Crippen LogP contribution is -2.02. The van der Waals surface area contributed by atoms with E-state index in [1.54, 1.807) is 6.07 Å². The van der Waals surface area contributed by atoms with Crippen LogP contribution >= 0.6 is 0 Å². The van der Waals surface area contributed by atoms with Crippen molar-refractivity contribution in [2.24, 2.45) is 0 Å². The number of nitro benzene ring substituents is 1. The summed E-state index contributed by atoms with van der Waals surface area (Å²) in [7, 11) is 0. The Hall–Kier alpha value is -2.42. The minimum Gasteiger partial charge on any atom is -0.461 e. The van der Waals surface area contributed by atoms with Gasteiger partial charge < -0.3 is 4.74 Å². The average molecular weight is 220 g/mol. The fraction of sp³-hybridized carbons (Fsp3) is 0.200. The third-order valence-electron chi connectivity index (χ3n) is 1.84. The van der Waals surface area contributed by atoms with E-state index in [0.29, 0.717) is 0 Å². The molecule has 0 bridgehead atoms. The largest absolute Gasteiger partial charge is 0.461 e. The van der Waals surface area contributed by atoms with E-state index in [0.717, 1.165) is 6.07 Å². The zero-order valence-electron chi connectivity index (χ0n) is 8.47. The minimum absolute atomic E-state index is 0.169. The SMILES string of the molecule is CC(=O)OCc1ccc(C#N)cc1[N+](=O)[O-]. The molecule has 0 aromatic heterocycles. The Bertz CT molecular complexity index is 476. The van der Waals surface area contributed by atoms with Gasteiger partial charge in [0.15, 0.2) is 0 Å². The Morgan fingerprint density at radius 1 is 1.62 bits per heavy atom. The number of hydrogen-bond donors (Lipinski definition) is 0. The number of esters is 1. The number of hydrogen-bond acceptors (Lipinski definition) is 5. The van der Waals surface area contributed by atoms with E-state index >= 15 is 0 Å². The first-order valence-corrected chi connectivity index (χ1v) is 4.35. The Balaban J connectivity index is 3.04. The highest BCUT2D eigenvalue weighted by Crippen LogP contribution is 2.20. The molecular formula is C10H8N2O4. The third-order valence-corrected chi connectivity index (χ3v) is 1.84. The van der Waals surface area contributed by atoms with Gasteiger partial charge >= 0.3 is 5.97 Å². The highest BCUT2D eigenvalue weighted by atomic mass is 16.6. The molecule has 0 aliphatic carbocycles. The molecule has 0 aliphatic rings. The first kappa shape index (κ1) is 11.7. The van der Waals surface area contributed by atoms with Crippen LogP contribution in [0.3, 0.4) is 0 Å². The topological polar surface area (TPSA) is 93.2 Å². The second-order valence-electron chi connectivity index (χ2n) is 2.99. The number of nitro groups is 1. The fourth-order valence-electron chi connectivity index (χ4n) is 1.10. The summed E-state index contributed by atoms with van der Waals surface area (Å²) in [4.78, 5) is 20.7. The van der Waals surface area contributed by atoms with Gasteiger partial charge in [0.2, 0.25) is 0 Å². The average Bonchev–Trinajstić information content (AvgIpc) is 2.25. The molecule has 1 aromatic carbocycles. The fourth-order valence-corrected chi connectivity index (χ4v) is 1.10. The van der Waals surface area contributed by atoms with E-state index in [1.807, 2.05) is 0 Å². The molecule has 0 radical (unpaired) electrons. The lowest BCUT2D eigenvalue weighted by atomic mass is 10.1. The van der Waals surface area contributed by atoms with E-state index in [-0.39, 0.29) is 23.4 Å². The first-order valence-electron chi connectivity index (χ1n) is 4.35. The van der Waals surface area contributed by atoms with Crippen LogP contribution in [0.2, 0.25) is 0 Å². The molecule has 6 nitrogen and oxygen atoms in total. The standard InChI is InChI=1S/C10H8N2O4/c1-7(13)16-6-9-3-2-8(5-11)4-10(9)12(14)15/h2-4H,6H2,1H3. The van der Waals surface area contributed by atoms with Crippen LogP contribution in [-0.4, -0.2) is 10.9 Å². The predicted molar refractivity (Wildman–Crippen MR) is 53.3 cm³/mol. The van der Waals surface area contributed by atoms with Crippen LogP contribution in [0.4, 0.5) is 5.69 Å². The van der Waals surface area contributed by atoms with Gasteiger partial charge in [0.1, 0.15) is 6.61 Å². The Morgan fingerprint density at radius 2 is 2.31 bits per heavy atom. The van der Waals surface area contributed by atoms with Crippen LogP contribution in [0.15, 0.2) is 18.2 Å². The van der Waals surface area contributed by atoms with Crippen LogP contribution in [0.25, 0.3) is 0 Å². The number of nitrogens with zero attached hydrogens (tertiary/aromatic N) is 2. The minimum atomic E-state index is -0.611. The molecule has 0 saturated carbocycles. The van der Waals surface area contributed by atoms with E-state index in [9.17, 15) is 14.9 Å². The number of carbonyl (C=O) groups excluding carboxylic acids is 1. The molecule has 1 rings (SSSR count). The number of ether oxygens (including phenoxy) is 1. The Kier molecular flexibility index (Phi) is 3.56. The zero-order chi connectivity index (χ0) is 12.1. The zero-order valence-corrected chi connectivity index (χ0v) is 8.47. The smallest absolute Gasteiger partial charge is 0.302 e. The Morgan fingerprint density at radius 3 is 2.81 bits per heavy atom. The van der Waals surface area contributed by atoms with Crippen molar-refractivity contribution in [2.75, 3.05) is 0 Å². The predicted octanol–water partition coefficient (Wildman–Crippen LogP) is 1.53. The molecule has 0 N–H and O–H groups in total. The van der Waals surface area contributed by atoms with Crippen LogP contribution in [0.1, 0.15) is 18.1 Å². The molecule has 0 unspecified atom stereocenters. The molecule has 0 spiro atoms.